The lowest BCUT2D eigenvalue weighted by Crippen LogP contribution is -2.32. The van der Waals surface area contributed by atoms with E-state index in [0.717, 1.165) is 17.2 Å². The van der Waals surface area contributed by atoms with E-state index in [0.29, 0.717) is 17.3 Å². The molecule has 1 unspecified atom stereocenters. The number of carbonyl (C=O) groups is 1. The summed E-state index contributed by atoms with van der Waals surface area (Å²) in [5.74, 6) is 1.14. The Balaban J connectivity index is 1.98. The maximum atomic E-state index is 12.2. The van der Waals surface area contributed by atoms with Crippen LogP contribution in [0.3, 0.4) is 0 Å². The van der Waals surface area contributed by atoms with Crippen LogP contribution in [-0.2, 0) is 11.2 Å². The van der Waals surface area contributed by atoms with Crippen LogP contribution in [0.2, 0.25) is 0 Å². The fraction of sp³-hybridized carbons (Fsp3) is 0.400. The predicted octanol–water partition coefficient (Wildman–Crippen LogP) is 2.91. The molecule has 0 saturated heterocycles. The molecule has 0 aliphatic heterocycles. The van der Waals surface area contributed by atoms with E-state index in [1.807, 2.05) is 13.8 Å². The molecule has 1 aromatic carbocycles. The molecule has 0 spiro atoms. The molecular formula is C15H19N3O3S. The molecule has 6 nitrogen and oxygen atoms in total. The average Bonchev–Trinajstić information content (AvgIpc) is 3.00. The van der Waals surface area contributed by atoms with Gasteiger partial charge in [0.2, 0.25) is 5.13 Å². The van der Waals surface area contributed by atoms with Crippen molar-refractivity contribution in [2.24, 2.45) is 0 Å². The molecular weight excluding hydrogens is 302 g/mol. The molecule has 2 rings (SSSR count). The summed E-state index contributed by atoms with van der Waals surface area (Å²) in [4.78, 5) is 12.2. The summed E-state index contributed by atoms with van der Waals surface area (Å²) in [5, 5.41) is 12.0. The molecule has 0 fully saturated rings. The van der Waals surface area contributed by atoms with Crippen LogP contribution in [0.1, 0.15) is 25.3 Å². The van der Waals surface area contributed by atoms with Crippen LogP contribution < -0.4 is 14.8 Å². The Kier molecular flexibility index (Phi) is 5.71. The first-order valence-electron chi connectivity index (χ1n) is 7.10. The first kappa shape index (κ1) is 16.2. The van der Waals surface area contributed by atoms with Crippen LogP contribution in [0.15, 0.2) is 24.3 Å². The monoisotopic (exact) mass is 321 g/mol. The molecule has 0 aliphatic carbocycles. The Morgan fingerprint density at radius 2 is 1.91 bits per heavy atom. The molecule has 7 heteroatoms. The SMILES string of the molecule is CCc1nnc(NC(=O)C(CC)Oc2ccc(OC)cc2)s1. The van der Waals surface area contributed by atoms with Crippen molar-refractivity contribution in [1.29, 1.82) is 0 Å². The van der Waals surface area contributed by atoms with Gasteiger partial charge in [0.1, 0.15) is 16.5 Å². The summed E-state index contributed by atoms with van der Waals surface area (Å²) in [7, 11) is 1.60. The van der Waals surface area contributed by atoms with Crippen molar-refractivity contribution in [2.45, 2.75) is 32.8 Å². The zero-order valence-corrected chi connectivity index (χ0v) is 13.6. The van der Waals surface area contributed by atoms with Crippen molar-refractivity contribution in [3.05, 3.63) is 29.3 Å². The van der Waals surface area contributed by atoms with Crippen molar-refractivity contribution < 1.29 is 14.3 Å². The van der Waals surface area contributed by atoms with Crippen LogP contribution in [-0.4, -0.2) is 29.3 Å². The van der Waals surface area contributed by atoms with Crippen LogP contribution in [0.5, 0.6) is 11.5 Å². The molecule has 1 aromatic heterocycles. The lowest BCUT2D eigenvalue weighted by atomic mass is 10.2. The molecule has 2 aromatic rings. The summed E-state index contributed by atoms with van der Waals surface area (Å²) in [6, 6.07) is 7.13. The zero-order valence-electron chi connectivity index (χ0n) is 12.8. The topological polar surface area (TPSA) is 73.3 Å². The molecule has 22 heavy (non-hydrogen) atoms. The van der Waals surface area contributed by atoms with Gasteiger partial charge < -0.3 is 9.47 Å². The first-order chi connectivity index (χ1) is 10.7. The van der Waals surface area contributed by atoms with Crippen molar-refractivity contribution in [3.8, 4) is 11.5 Å². The molecule has 1 amide bonds. The number of nitrogens with one attached hydrogen (secondary N) is 1. The molecule has 118 valence electrons. The quantitative estimate of drug-likeness (QED) is 0.849. The lowest BCUT2D eigenvalue weighted by Gasteiger charge is -2.16. The standard InChI is InChI=1S/C15H19N3O3S/c1-4-12(21-11-8-6-10(20-3)7-9-11)14(19)16-15-18-17-13(5-2)22-15/h6-9,12H,4-5H2,1-3H3,(H,16,18,19). The highest BCUT2D eigenvalue weighted by atomic mass is 32.1. The smallest absolute Gasteiger partial charge is 0.267 e. The number of carbonyl (C=O) groups excluding carboxylic acids is 1. The number of rotatable bonds is 7. The Bertz CT molecular complexity index is 613. The average molecular weight is 321 g/mol. The van der Waals surface area contributed by atoms with Crippen LogP contribution in [0, 0.1) is 0 Å². The number of benzene rings is 1. The number of aryl methyl sites for hydroxylation is 1. The second-order valence-electron chi connectivity index (χ2n) is 4.53. The molecule has 1 atom stereocenters. The van der Waals surface area contributed by atoms with E-state index in [2.05, 4.69) is 15.5 Å². The van der Waals surface area contributed by atoms with Gasteiger partial charge in [-0.1, -0.05) is 25.2 Å². The van der Waals surface area contributed by atoms with Crippen LogP contribution in [0.25, 0.3) is 0 Å². The van der Waals surface area contributed by atoms with Gasteiger partial charge in [0.25, 0.3) is 5.91 Å². The van der Waals surface area contributed by atoms with Crippen molar-refractivity contribution in [3.63, 3.8) is 0 Å². The van der Waals surface area contributed by atoms with Gasteiger partial charge in [-0.15, -0.1) is 10.2 Å². The van der Waals surface area contributed by atoms with Gasteiger partial charge in [-0.05, 0) is 37.1 Å². The predicted molar refractivity (Wildman–Crippen MR) is 85.6 cm³/mol. The third-order valence-corrected chi connectivity index (χ3v) is 3.98. The summed E-state index contributed by atoms with van der Waals surface area (Å²) < 4.78 is 10.8. The first-order valence-corrected chi connectivity index (χ1v) is 7.91. The highest BCUT2D eigenvalue weighted by Crippen LogP contribution is 2.20. The number of hydrogen-bond donors (Lipinski definition) is 1. The summed E-state index contributed by atoms with van der Waals surface area (Å²) in [5.41, 5.74) is 0. The number of amides is 1. The summed E-state index contributed by atoms with van der Waals surface area (Å²) in [6.07, 6.45) is 0.770. The largest absolute Gasteiger partial charge is 0.497 e. The molecule has 0 saturated carbocycles. The maximum Gasteiger partial charge on any atom is 0.267 e. The molecule has 1 N–H and O–H groups in total. The molecule has 0 bridgehead atoms. The minimum absolute atomic E-state index is 0.225. The number of methoxy groups -OCH3 is 1. The van der Waals surface area contributed by atoms with Gasteiger partial charge in [-0.3, -0.25) is 10.1 Å². The number of anilines is 1. The van der Waals surface area contributed by atoms with Crippen molar-refractivity contribution in [1.82, 2.24) is 10.2 Å². The lowest BCUT2D eigenvalue weighted by molar-refractivity contribution is -0.122. The Morgan fingerprint density at radius 3 is 2.45 bits per heavy atom. The number of aromatic nitrogens is 2. The molecule has 1 heterocycles. The van der Waals surface area contributed by atoms with Gasteiger partial charge in [0.15, 0.2) is 6.10 Å². The van der Waals surface area contributed by atoms with Gasteiger partial charge in [-0.25, -0.2) is 0 Å². The van der Waals surface area contributed by atoms with E-state index in [9.17, 15) is 4.79 Å². The Morgan fingerprint density at radius 1 is 1.23 bits per heavy atom. The molecule has 0 aliphatic rings. The van der Waals surface area contributed by atoms with E-state index < -0.39 is 6.10 Å². The van der Waals surface area contributed by atoms with Crippen LogP contribution in [0.4, 0.5) is 5.13 Å². The van der Waals surface area contributed by atoms with Gasteiger partial charge >= 0.3 is 0 Å². The summed E-state index contributed by atoms with van der Waals surface area (Å²) in [6.45, 7) is 3.89. The minimum atomic E-state index is -0.581. The number of hydrogen-bond acceptors (Lipinski definition) is 6. The number of nitrogens with zero attached hydrogens (tertiary/aromatic N) is 2. The molecule has 0 radical (unpaired) electrons. The highest BCUT2D eigenvalue weighted by Gasteiger charge is 2.20. The van der Waals surface area contributed by atoms with Crippen LogP contribution >= 0.6 is 11.3 Å². The zero-order chi connectivity index (χ0) is 15.9. The minimum Gasteiger partial charge on any atom is -0.497 e. The Hall–Kier alpha value is -2.15. The van der Waals surface area contributed by atoms with Crippen molar-refractivity contribution in [2.75, 3.05) is 12.4 Å². The van der Waals surface area contributed by atoms with Gasteiger partial charge in [-0.2, -0.15) is 0 Å². The fourth-order valence-corrected chi connectivity index (χ4v) is 2.46. The van der Waals surface area contributed by atoms with E-state index in [-0.39, 0.29) is 5.91 Å². The van der Waals surface area contributed by atoms with E-state index in [1.54, 1.807) is 31.4 Å². The van der Waals surface area contributed by atoms with E-state index in [4.69, 9.17) is 9.47 Å². The van der Waals surface area contributed by atoms with E-state index in [1.165, 1.54) is 11.3 Å². The highest BCUT2D eigenvalue weighted by molar-refractivity contribution is 7.15. The fourth-order valence-electron chi connectivity index (χ4n) is 1.77. The van der Waals surface area contributed by atoms with E-state index >= 15 is 0 Å². The third kappa shape index (κ3) is 4.17. The summed E-state index contributed by atoms with van der Waals surface area (Å²) >= 11 is 1.37. The normalized spacial score (nSPS) is 11.8. The second kappa shape index (κ2) is 7.74. The number of ether oxygens (including phenoxy) is 2. The van der Waals surface area contributed by atoms with Gasteiger partial charge in [0, 0.05) is 0 Å². The second-order valence-corrected chi connectivity index (χ2v) is 5.60. The maximum absolute atomic E-state index is 12.2. The third-order valence-electron chi connectivity index (χ3n) is 3.00. The van der Waals surface area contributed by atoms with Gasteiger partial charge in [0.05, 0.1) is 7.11 Å². The van der Waals surface area contributed by atoms with Crippen molar-refractivity contribution >= 4 is 22.4 Å². The Labute approximate surface area is 133 Å².